The van der Waals surface area contributed by atoms with Gasteiger partial charge < -0.3 is 30.5 Å². The Kier molecular flexibility index (Phi) is 12.6. The van der Waals surface area contributed by atoms with Gasteiger partial charge in [0.15, 0.2) is 5.78 Å². The third kappa shape index (κ3) is 10.4. The number of methoxy groups -OCH3 is 1. The lowest BCUT2D eigenvalue weighted by Crippen LogP contribution is -2.39. The number of nitrogens with zero attached hydrogens (tertiary/aromatic N) is 2. The van der Waals surface area contributed by atoms with Crippen molar-refractivity contribution >= 4 is 35.0 Å². The molecule has 10 nitrogen and oxygen atoms in total. The molecule has 0 atom stereocenters. The number of halogens is 1. The van der Waals surface area contributed by atoms with Crippen molar-refractivity contribution in [3.05, 3.63) is 102 Å². The second-order valence-corrected chi connectivity index (χ2v) is 10.1. The first-order valence-corrected chi connectivity index (χ1v) is 14.0. The molecule has 0 aliphatic carbocycles. The number of anilines is 2. The van der Waals surface area contributed by atoms with Gasteiger partial charge in [-0.2, -0.15) is 0 Å². The zero-order valence-electron chi connectivity index (χ0n) is 24.4. The van der Waals surface area contributed by atoms with Gasteiger partial charge in [0, 0.05) is 53.2 Å². The number of hydrogen-bond donors (Lipinski definition) is 3. The molecule has 1 fully saturated rings. The Bertz CT molecular complexity index is 1430. The van der Waals surface area contributed by atoms with Crippen LogP contribution in [-0.4, -0.2) is 72.0 Å². The topological polar surface area (TPSA) is 150 Å². The minimum Gasteiger partial charge on any atom is -0.497 e. The number of hydrogen-bond acceptors (Lipinski definition) is 7. The van der Waals surface area contributed by atoms with Crippen LogP contribution in [0.15, 0.2) is 84.9 Å². The summed E-state index contributed by atoms with van der Waals surface area (Å²) in [5.41, 5.74) is 8.34. The molecule has 4 N–H and O–H groups in total. The largest absolute Gasteiger partial charge is 0.497 e. The van der Waals surface area contributed by atoms with Crippen LogP contribution in [-0.2, 0) is 9.59 Å². The highest BCUT2D eigenvalue weighted by Crippen LogP contribution is 2.25. The average molecular weight is 606 g/mol. The Morgan fingerprint density at radius 1 is 0.932 bits per heavy atom. The third-order valence-corrected chi connectivity index (χ3v) is 7.08. The number of ketones is 1. The Morgan fingerprint density at radius 2 is 1.52 bits per heavy atom. The molecule has 0 spiro atoms. The molecule has 1 aliphatic heterocycles. The molecule has 0 radical (unpaired) electrons. The van der Waals surface area contributed by atoms with Gasteiger partial charge >= 0.3 is 11.9 Å². The summed E-state index contributed by atoms with van der Waals surface area (Å²) in [5, 5.41) is 15.6. The molecule has 0 bridgehead atoms. The zero-order chi connectivity index (χ0) is 32.1. The van der Waals surface area contributed by atoms with Crippen LogP contribution in [0.3, 0.4) is 0 Å². The van der Waals surface area contributed by atoms with Gasteiger partial charge in [0.1, 0.15) is 11.6 Å². The molecule has 0 unspecified atom stereocenters. The van der Waals surface area contributed by atoms with Crippen LogP contribution in [0.25, 0.3) is 0 Å². The first-order chi connectivity index (χ1) is 21.1. The molecule has 232 valence electrons. The highest BCUT2D eigenvalue weighted by Gasteiger charge is 2.26. The number of carboxylic acid groups (broad SMARTS) is 2. The van der Waals surface area contributed by atoms with Gasteiger partial charge in [-0.15, -0.1) is 0 Å². The Labute approximate surface area is 255 Å². The number of benzene rings is 3. The van der Waals surface area contributed by atoms with Crippen LogP contribution < -0.4 is 15.4 Å². The van der Waals surface area contributed by atoms with E-state index in [9.17, 15) is 23.6 Å². The average Bonchev–Trinajstić information content (AvgIpc) is 3.03. The molecular weight excluding hydrogens is 569 g/mol. The fourth-order valence-electron chi connectivity index (χ4n) is 4.77. The van der Waals surface area contributed by atoms with Gasteiger partial charge in [-0.3, -0.25) is 9.59 Å². The minimum absolute atomic E-state index is 0.0351. The van der Waals surface area contributed by atoms with Crippen molar-refractivity contribution in [1.29, 1.82) is 0 Å². The lowest BCUT2D eigenvalue weighted by atomic mass is 9.89. The van der Waals surface area contributed by atoms with Gasteiger partial charge in [0.2, 0.25) is 0 Å². The Morgan fingerprint density at radius 3 is 2.09 bits per heavy atom. The van der Waals surface area contributed by atoms with Crippen molar-refractivity contribution in [2.24, 2.45) is 5.92 Å². The molecule has 1 heterocycles. The van der Waals surface area contributed by atoms with E-state index in [4.69, 9.17) is 20.7 Å². The SMILES string of the molecule is COc1cccc(N(CCCN2CCC(C(=O)c3ccc(F)cc3)CC2)C(=O)c2ccc(N)cc2)c1.O=C(O)/C=C/C(=O)O. The summed E-state index contributed by atoms with van der Waals surface area (Å²) in [4.78, 5) is 49.4. The molecule has 0 saturated carbocycles. The third-order valence-electron chi connectivity index (χ3n) is 7.08. The number of nitrogen functional groups attached to an aromatic ring is 1. The maximum Gasteiger partial charge on any atom is 0.328 e. The highest BCUT2D eigenvalue weighted by atomic mass is 19.1. The highest BCUT2D eigenvalue weighted by molar-refractivity contribution is 6.06. The molecule has 1 amide bonds. The summed E-state index contributed by atoms with van der Waals surface area (Å²) >= 11 is 0. The number of nitrogens with two attached hydrogens (primary N) is 1. The lowest BCUT2D eigenvalue weighted by molar-refractivity contribution is -0.134. The van der Waals surface area contributed by atoms with E-state index in [0.29, 0.717) is 41.3 Å². The normalized spacial score (nSPS) is 13.5. The lowest BCUT2D eigenvalue weighted by Gasteiger charge is -2.32. The molecule has 1 aliphatic rings. The maximum absolute atomic E-state index is 13.4. The number of rotatable bonds is 11. The van der Waals surface area contributed by atoms with Crippen LogP contribution in [0.2, 0.25) is 0 Å². The second-order valence-electron chi connectivity index (χ2n) is 10.1. The summed E-state index contributed by atoms with van der Waals surface area (Å²) in [7, 11) is 1.61. The van der Waals surface area contributed by atoms with Gasteiger partial charge in [-0.1, -0.05) is 6.07 Å². The summed E-state index contributed by atoms with van der Waals surface area (Å²) in [5.74, 6) is -2.19. The predicted molar refractivity (Wildman–Crippen MR) is 164 cm³/mol. The van der Waals surface area contributed by atoms with Gasteiger partial charge in [-0.05, 0) is 99.6 Å². The number of Topliss-reactive ketones (excluding diaryl/α,β-unsaturated/α-hetero) is 1. The van der Waals surface area contributed by atoms with E-state index in [1.54, 1.807) is 48.4 Å². The van der Waals surface area contributed by atoms with Gasteiger partial charge in [-0.25, -0.2) is 14.0 Å². The number of likely N-dealkylation sites (tertiary alicyclic amines) is 1. The van der Waals surface area contributed by atoms with Crippen LogP contribution in [0, 0.1) is 11.7 Å². The smallest absolute Gasteiger partial charge is 0.328 e. The number of carbonyl (C=O) groups excluding carboxylic acids is 2. The van der Waals surface area contributed by atoms with Gasteiger partial charge in [0.05, 0.1) is 7.11 Å². The number of carboxylic acids is 2. The summed E-state index contributed by atoms with van der Waals surface area (Å²) in [6, 6.07) is 20.2. The van der Waals surface area contributed by atoms with Crippen molar-refractivity contribution in [2.45, 2.75) is 19.3 Å². The predicted octanol–water partition coefficient (Wildman–Crippen LogP) is 4.76. The quantitative estimate of drug-likeness (QED) is 0.160. The number of piperidine rings is 1. The zero-order valence-corrected chi connectivity index (χ0v) is 24.4. The van der Waals surface area contributed by atoms with E-state index < -0.39 is 11.9 Å². The Balaban J connectivity index is 0.000000583. The van der Waals surface area contributed by atoms with Crippen LogP contribution in [0.5, 0.6) is 5.75 Å². The summed E-state index contributed by atoms with van der Waals surface area (Å²) in [6.45, 7) is 3.02. The fourth-order valence-corrected chi connectivity index (χ4v) is 4.77. The molecule has 1 saturated heterocycles. The van der Waals surface area contributed by atoms with Crippen LogP contribution in [0.4, 0.5) is 15.8 Å². The van der Waals surface area contributed by atoms with Crippen molar-refractivity contribution in [1.82, 2.24) is 4.90 Å². The van der Waals surface area contributed by atoms with Crippen LogP contribution >= 0.6 is 0 Å². The first-order valence-electron chi connectivity index (χ1n) is 14.0. The van der Waals surface area contributed by atoms with E-state index in [0.717, 1.165) is 44.6 Å². The van der Waals surface area contributed by atoms with E-state index in [2.05, 4.69) is 4.90 Å². The second kappa shape index (κ2) is 16.6. The van der Waals surface area contributed by atoms with E-state index in [-0.39, 0.29) is 23.4 Å². The first kappa shape index (κ1) is 33.5. The van der Waals surface area contributed by atoms with Gasteiger partial charge in [0.25, 0.3) is 5.91 Å². The molecular formula is C33H36FN3O7. The maximum atomic E-state index is 13.4. The standard InChI is InChI=1S/C29H32FN3O3.C4H4O4/c1-36-27-5-2-4-26(20-27)33(29(35)23-8-12-25(31)13-9-23)17-3-16-32-18-14-22(15-19-32)28(34)21-6-10-24(30)11-7-21;5-3(6)1-2-4(7)8/h2,4-13,20,22H,3,14-19,31H2,1H3;1-2H,(H,5,6)(H,7,8)/b;2-1+. The molecule has 44 heavy (non-hydrogen) atoms. The molecule has 4 rings (SSSR count). The van der Waals surface area contributed by atoms with Crippen molar-refractivity contribution in [3.8, 4) is 5.75 Å². The minimum atomic E-state index is -1.26. The van der Waals surface area contributed by atoms with Crippen molar-refractivity contribution in [3.63, 3.8) is 0 Å². The summed E-state index contributed by atoms with van der Waals surface area (Å²) < 4.78 is 18.5. The molecule has 0 aromatic heterocycles. The molecule has 11 heteroatoms. The van der Waals surface area contributed by atoms with E-state index >= 15 is 0 Å². The number of ether oxygens (including phenoxy) is 1. The number of carbonyl (C=O) groups is 4. The molecule has 3 aromatic carbocycles. The fraction of sp³-hybridized carbons (Fsp3) is 0.273. The summed E-state index contributed by atoms with van der Waals surface area (Å²) in [6.07, 6.45) is 3.46. The van der Waals surface area contributed by atoms with E-state index in [1.807, 2.05) is 24.3 Å². The molecule has 3 aromatic rings. The van der Waals surface area contributed by atoms with Crippen LogP contribution in [0.1, 0.15) is 40.0 Å². The number of aliphatic carboxylic acids is 2. The van der Waals surface area contributed by atoms with E-state index in [1.165, 1.54) is 12.1 Å². The Hall–Kier alpha value is -5.03. The van der Waals surface area contributed by atoms with Crippen molar-refractivity contribution in [2.75, 3.05) is 43.9 Å². The van der Waals surface area contributed by atoms with Crippen molar-refractivity contribution < 1.29 is 38.5 Å². The number of amides is 1. The monoisotopic (exact) mass is 605 g/mol.